The Morgan fingerprint density at radius 2 is 2.40 bits per heavy atom. The zero-order chi connectivity index (χ0) is 10.7. The molecule has 0 fully saturated rings. The normalized spacial score (nSPS) is 9.93. The van der Waals surface area contributed by atoms with Gasteiger partial charge in [0.1, 0.15) is 4.88 Å². The molecule has 0 unspecified atom stereocenters. The molecule has 0 aromatic carbocycles. The standard InChI is InChI=1S/C9H6ClN3OS/c10-8-6(2-1-3-12-8)13-9(14)7-4-11-5-15-7/h1-5H,(H,13,14). The van der Waals surface area contributed by atoms with Gasteiger partial charge < -0.3 is 5.32 Å². The molecular formula is C9H6ClN3OS. The topological polar surface area (TPSA) is 54.9 Å². The Morgan fingerprint density at radius 3 is 3.07 bits per heavy atom. The van der Waals surface area contributed by atoms with Gasteiger partial charge >= 0.3 is 0 Å². The lowest BCUT2D eigenvalue weighted by Gasteiger charge is -2.03. The number of rotatable bonds is 2. The number of halogens is 1. The molecule has 0 radical (unpaired) electrons. The van der Waals surface area contributed by atoms with E-state index in [9.17, 15) is 4.79 Å². The number of aromatic nitrogens is 2. The highest BCUT2D eigenvalue weighted by molar-refractivity contribution is 7.11. The van der Waals surface area contributed by atoms with Crippen molar-refractivity contribution in [3.05, 3.63) is 40.1 Å². The van der Waals surface area contributed by atoms with Crippen LogP contribution in [-0.4, -0.2) is 15.9 Å². The van der Waals surface area contributed by atoms with Gasteiger partial charge in [0.05, 0.1) is 17.4 Å². The van der Waals surface area contributed by atoms with Crippen LogP contribution < -0.4 is 5.32 Å². The first-order valence-corrected chi connectivity index (χ1v) is 5.33. The summed E-state index contributed by atoms with van der Waals surface area (Å²) < 4.78 is 0. The molecule has 2 heterocycles. The van der Waals surface area contributed by atoms with E-state index in [2.05, 4.69) is 15.3 Å². The molecule has 0 aliphatic rings. The van der Waals surface area contributed by atoms with Gasteiger partial charge in [-0.25, -0.2) is 4.98 Å². The summed E-state index contributed by atoms with van der Waals surface area (Å²) in [6.45, 7) is 0. The van der Waals surface area contributed by atoms with Crippen LogP contribution >= 0.6 is 22.9 Å². The molecule has 0 aliphatic heterocycles. The first-order valence-electron chi connectivity index (χ1n) is 4.08. The number of hydrogen-bond acceptors (Lipinski definition) is 4. The summed E-state index contributed by atoms with van der Waals surface area (Å²) in [6.07, 6.45) is 3.06. The Hall–Kier alpha value is -1.46. The molecule has 4 nitrogen and oxygen atoms in total. The van der Waals surface area contributed by atoms with E-state index in [0.717, 1.165) is 0 Å². The molecule has 2 aromatic rings. The molecule has 0 bridgehead atoms. The molecular weight excluding hydrogens is 234 g/mol. The zero-order valence-electron chi connectivity index (χ0n) is 7.48. The van der Waals surface area contributed by atoms with Crippen molar-refractivity contribution in [2.75, 3.05) is 5.32 Å². The molecule has 0 saturated carbocycles. The number of thiazole rings is 1. The van der Waals surface area contributed by atoms with Crippen molar-refractivity contribution in [3.63, 3.8) is 0 Å². The van der Waals surface area contributed by atoms with Crippen LogP contribution in [0.1, 0.15) is 9.67 Å². The van der Waals surface area contributed by atoms with E-state index in [4.69, 9.17) is 11.6 Å². The van der Waals surface area contributed by atoms with Gasteiger partial charge in [0.2, 0.25) is 0 Å². The summed E-state index contributed by atoms with van der Waals surface area (Å²) in [7, 11) is 0. The molecule has 0 aliphatic carbocycles. The molecule has 0 spiro atoms. The van der Waals surface area contributed by atoms with E-state index in [-0.39, 0.29) is 11.1 Å². The van der Waals surface area contributed by atoms with Crippen LogP contribution in [0.25, 0.3) is 0 Å². The maximum Gasteiger partial charge on any atom is 0.267 e. The Labute approximate surface area is 94.9 Å². The molecule has 2 rings (SSSR count). The van der Waals surface area contributed by atoms with Gasteiger partial charge in [-0.3, -0.25) is 9.78 Å². The average Bonchev–Trinajstić information content (AvgIpc) is 2.74. The second-order valence-corrected chi connectivity index (χ2v) is 3.91. The van der Waals surface area contributed by atoms with Crippen molar-refractivity contribution in [2.45, 2.75) is 0 Å². The number of pyridine rings is 1. The van der Waals surface area contributed by atoms with E-state index in [0.29, 0.717) is 10.6 Å². The monoisotopic (exact) mass is 239 g/mol. The van der Waals surface area contributed by atoms with Gasteiger partial charge in [-0.2, -0.15) is 0 Å². The Balaban J connectivity index is 2.17. The van der Waals surface area contributed by atoms with Crippen LogP contribution in [-0.2, 0) is 0 Å². The number of amides is 1. The fraction of sp³-hybridized carbons (Fsp3) is 0. The first kappa shape index (κ1) is 10.1. The van der Waals surface area contributed by atoms with Crippen molar-refractivity contribution < 1.29 is 4.79 Å². The van der Waals surface area contributed by atoms with E-state index < -0.39 is 0 Å². The molecule has 2 aromatic heterocycles. The number of carbonyl (C=O) groups excluding carboxylic acids is 1. The number of hydrogen-bond donors (Lipinski definition) is 1. The second kappa shape index (κ2) is 4.37. The van der Waals surface area contributed by atoms with E-state index in [1.807, 2.05) is 0 Å². The Morgan fingerprint density at radius 1 is 1.53 bits per heavy atom. The highest BCUT2D eigenvalue weighted by Crippen LogP contribution is 2.18. The van der Waals surface area contributed by atoms with Crippen molar-refractivity contribution in [3.8, 4) is 0 Å². The SMILES string of the molecule is O=C(Nc1cccnc1Cl)c1cncs1. The Bertz CT molecular complexity index is 472. The second-order valence-electron chi connectivity index (χ2n) is 2.66. The van der Waals surface area contributed by atoms with E-state index >= 15 is 0 Å². The summed E-state index contributed by atoms with van der Waals surface area (Å²) in [4.78, 5) is 19.8. The van der Waals surface area contributed by atoms with Crippen LogP contribution in [0.15, 0.2) is 30.0 Å². The lowest BCUT2D eigenvalue weighted by atomic mass is 10.4. The third-order valence-corrected chi connectivity index (χ3v) is 2.74. The van der Waals surface area contributed by atoms with Gasteiger partial charge in [0, 0.05) is 6.20 Å². The highest BCUT2D eigenvalue weighted by Gasteiger charge is 2.09. The predicted molar refractivity (Wildman–Crippen MR) is 59.3 cm³/mol. The first-order chi connectivity index (χ1) is 7.27. The minimum atomic E-state index is -0.229. The number of nitrogens with zero attached hydrogens (tertiary/aromatic N) is 2. The predicted octanol–water partition coefficient (Wildman–Crippen LogP) is 2.44. The minimum absolute atomic E-state index is 0.229. The molecule has 0 atom stereocenters. The van der Waals surface area contributed by atoms with E-state index in [1.165, 1.54) is 17.5 Å². The van der Waals surface area contributed by atoms with Crippen LogP contribution in [0.4, 0.5) is 5.69 Å². The van der Waals surface area contributed by atoms with Gasteiger partial charge in [-0.15, -0.1) is 11.3 Å². The van der Waals surface area contributed by atoms with Crippen LogP contribution in [0, 0.1) is 0 Å². The Kier molecular flexibility index (Phi) is 2.94. The van der Waals surface area contributed by atoms with Gasteiger partial charge in [0.25, 0.3) is 5.91 Å². The quantitative estimate of drug-likeness (QED) is 0.819. The summed E-state index contributed by atoms with van der Waals surface area (Å²) >= 11 is 7.06. The highest BCUT2D eigenvalue weighted by atomic mass is 35.5. The third kappa shape index (κ3) is 2.31. The fourth-order valence-electron chi connectivity index (χ4n) is 0.991. The number of anilines is 1. The molecule has 1 amide bonds. The van der Waals surface area contributed by atoms with Crippen molar-refractivity contribution >= 4 is 34.5 Å². The smallest absolute Gasteiger partial charge is 0.267 e. The van der Waals surface area contributed by atoms with Crippen molar-refractivity contribution in [1.82, 2.24) is 9.97 Å². The maximum atomic E-state index is 11.6. The van der Waals surface area contributed by atoms with Gasteiger partial charge in [0.15, 0.2) is 5.15 Å². The lowest BCUT2D eigenvalue weighted by molar-refractivity contribution is 0.103. The molecule has 15 heavy (non-hydrogen) atoms. The van der Waals surface area contributed by atoms with E-state index in [1.54, 1.807) is 23.8 Å². The van der Waals surface area contributed by atoms with Crippen LogP contribution in [0.3, 0.4) is 0 Å². The largest absolute Gasteiger partial charge is 0.319 e. The molecule has 0 saturated heterocycles. The fourth-order valence-corrected chi connectivity index (χ4v) is 1.67. The molecule has 1 N–H and O–H groups in total. The summed E-state index contributed by atoms with van der Waals surface area (Å²) in [5, 5.41) is 2.92. The molecule has 6 heteroatoms. The van der Waals surface area contributed by atoms with Gasteiger partial charge in [-0.1, -0.05) is 11.6 Å². The average molecular weight is 240 g/mol. The summed E-state index contributed by atoms with van der Waals surface area (Å²) in [5.41, 5.74) is 2.09. The molecule has 76 valence electrons. The summed E-state index contributed by atoms with van der Waals surface area (Å²) in [5.74, 6) is -0.229. The van der Waals surface area contributed by atoms with Crippen LogP contribution in [0.2, 0.25) is 5.15 Å². The van der Waals surface area contributed by atoms with Crippen LogP contribution in [0.5, 0.6) is 0 Å². The minimum Gasteiger partial charge on any atom is -0.319 e. The number of carbonyl (C=O) groups is 1. The van der Waals surface area contributed by atoms with Gasteiger partial charge in [-0.05, 0) is 12.1 Å². The van der Waals surface area contributed by atoms with Crippen molar-refractivity contribution in [1.29, 1.82) is 0 Å². The summed E-state index contributed by atoms with van der Waals surface area (Å²) in [6, 6.07) is 3.39. The lowest BCUT2D eigenvalue weighted by Crippen LogP contribution is -2.10. The number of nitrogens with one attached hydrogen (secondary N) is 1. The maximum absolute atomic E-state index is 11.6. The van der Waals surface area contributed by atoms with Crippen molar-refractivity contribution in [2.24, 2.45) is 0 Å². The third-order valence-electron chi connectivity index (χ3n) is 1.66. The zero-order valence-corrected chi connectivity index (χ0v) is 9.05.